The highest BCUT2D eigenvalue weighted by Crippen LogP contribution is 2.29. The van der Waals surface area contributed by atoms with Crippen LogP contribution >= 0.6 is 0 Å². The first kappa shape index (κ1) is 14.6. The van der Waals surface area contributed by atoms with E-state index in [4.69, 9.17) is 9.47 Å². The molecule has 0 saturated carbocycles. The van der Waals surface area contributed by atoms with Crippen LogP contribution < -0.4 is 4.74 Å². The normalized spacial score (nSPS) is 13.2. The molecule has 0 saturated heterocycles. The van der Waals surface area contributed by atoms with Crippen LogP contribution in [-0.2, 0) is 17.9 Å². The van der Waals surface area contributed by atoms with Crippen LogP contribution in [0, 0.1) is 5.82 Å². The molecule has 0 aliphatic carbocycles. The molecule has 1 aliphatic heterocycles. The molecule has 0 bridgehead atoms. The number of guanidine groups is 1. The lowest BCUT2D eigenvalue weighted by atomic mass is 10.1. The lowest BCUT2D eigenvalue weighted by Crippen LogP contribution is -2.35. The summed E-state index contributed by atoms with van der Waals surface area (Å²) in [5, 5.41) is 0. The van der Waals surface area contributed by atoms with E-state index in [9.17, 15) is 4.39 Å². The summed E-state index contributed by atoms with van der Waals surface area (Å²) in [7, 11) is 7.68. The summed E-state index contributed by atoms with van der Waals surface area (Å²) < 4.78 is 24.3. The monoisotopic (exact) mass is 281 g/mol. The fourth-order valence-electron chi connectivity index (χ4n) is 2.21. The lowest BCUT2D eigenvalue weighted by Gasteiger charge is -2.23. The zero-order valence-electron chi connectivity index (χ0n) is 12.3. The molecule has 0 radical (unpaired) electrons. The van der Waals surface area contributed by atoms with Gasteiger partial charge in [-0.1, -0.05) is 0 Å². The van der Waals surface area contributed by atoms with Crippen LogP contribution in [0.25, 0.3) is 0 Å². The molecule has 1 aliphatic rings. The number of rotatable bonds is 2. The summed E-state index contributed by atoms with van der Waals surface area (Å²) >= 11 is 0. The van der Waals surface area contributed by atoms with E-state index >= 15 is 0 Å². The van der Waals surface area contributed by atoms with Gasteiger partial charge in [-0.25, -0.2) is 9.38 Å². The number of halogens is 1. The van der Waals surface area contributed by atoms with Crippen LogP contribution in [0.4, 0.5) is 4.39 Å². The Bertz CT molecular complexity index is 505. The molecule has 0 atom stereocenters. The molecule has 1 aromatic rings. The van der Waals surface area contributed by atoms with E-state index in [1.807, 2.05) is 38.0 Å². The van der Waals surface area contributed by atoms with Crippen molar-refractivity contribution in [2.24, 2.45) is 4.99 Å². The third-order valence-electron chi connectivity index (χ3n) is 2.94. The van der Waals surface area contributed by atoms with Crippen LogP contribution in [0.15, 0.2) is 17.1 Å². The zero-order chi connectivity index (χ0) is 14.7. The highest BCUT2D eigenvalue weighted by molar-refractivity contribution is 5.79. The number of nitrogens with zero attached hydrogens (tertiary/aromatic N) is 3. The standard InChI is InChI=1S/C14H20FN3O2/c1-17(2)14(18(3)4)16-7-10-5-12(15)6-11-8-19-9-20-13(10)11/h5-6H,7-9H2,1-4H3. The minimum atomic E-state index is -0.292. The van der Waals surface area contributed by atoms with Gasteiger partial charge in [-0.05, 0) is 12.1 Å². The summed E-state index contributed by atoms with van der Waals surface area (Å²) in [5.41, 5.74) is 1.47. The number of hydrogen-bond donors (Lipinski definition) is 0. The molecular formula is C14H20FN3O2. The molecule has 0 unspecified atom stereocenters. The summed E-state index contributed by atoms with van der Waals surface area (Å²) in [6.45, 7) is 0.938. The van der Waals surface area contributed by atoms with Gasteiger partial charge in [-0.3, -0.25) is 0 Å². The molecule has 0 N–H and O–H groups in total. The first-order valence-corrected chi connectivity index (χ1v) is 6.40. The van der Waals surface area contributed by atoms with Crippen molar-refractivity contribution in [3.05, 3.63) is 29.1 Å². The second kappa shape index (κ2) is 6.09. The van der Waals surface area contributed by atoms with Crippen molar-refractivity contribution in [1.29, 1.82) is 0 Å². The first-order chi connectivity index (χ1) is 9.49. The Balaban J connectivity index is 2.29. The van der Waals surface area contributed by atoms with Crippen molar-refractivity contribution in [2.45, 2.75) is 13.2 Å². The Morgan fingerprint density at radius 3 is 2.60 bits per heavy atom. The Labute approximate surface area is 118 Å². The molecule has 0 amide bonds. The molecule has 1 aromatic carbocycles. The van der Waals surface area contributed by atoms with Crippen molar-refractivity contribution in [3.63, 3.8) is 0 Å². The molecule has 1 heterocycles. The molecule has 6 heteroatoms. The van der Waals surface area contributed by atoms with Gasteiger partial charge >= 0.3 is 0 Å². The average Bonchev–Trinajstić information content (AvgIpc) is 2.37. The molecule has 110 valence electrons. The minimum absolute atomic E-state index is 0.198. The van der Waals surface area contributed by atoms with Crippen LogP contribution in [0.3, 0.4) is 0 Å². The van der Waals surface area contributed by atoms with Gasteiger partial charge in [0.1, 0.15) is 11.6 Å². The highest BCUT2D eigenvalue weighted by atomic mass is 19.1. The van der Waals surface area contributed by atoms with Gasteiger partial charge in [0.2, 0.25) is 0 Å². The third kappa shape index (κ3) is 3.19. The summed E-state index contributed by atoms with van der Waals surface area (Å²) in [6.07, 6.45) is 0. The number of fused-ring (bicyclic) bond motifs is 1. The minimum Gasteiger partial charge on any atom is -0.467 e. The molecule has 2 rings (SSSR count). The molecule has 0 aromatic heterocycles. The van der Waals surface area contributed by atoms with Crippen molar-refractivity contribution in [2.75, 3.05) is 35.0 Å². The highest BCUT2D eigenvalue weighted by Gasteiger charge is 2.17. The Morgan fingerprint density at radius 1 is 1.25 bits per heavy atom. The number of hydrogen-bond acceptors (Lipinski definition) is 3. The van der Waals surface area contributed by atoms with Gasteiger partial charge < -0.3 is 19.3 Å². The van der Waals surface area contributed by atoms with Crippen molar-refractivity contribution < 1.29 is 13.9 Å². The van der Waals surface area contributed by atoms with E-state index < -0.39 is 0 Å². The number of ether oxygens (including phenoxy) is 2. The van der Waals surface area contributed by atoms with E-state index in [1.54, 1.807) is 0 Å². The van der Waals surface area contributed by atoms with Gasteiger partial charge in [-0.2, -0.15) is 0 Å². The smallest absolute Gasteiger partial charge is 0.195 e. The predicted molar refractivity (Wildman–Crippen MR) is 75.2 cm³/mol. The fraction of sp³-hybridized carbons (Fsp3) is 0.500. The topological polar surface area (TPSA) is 37.3 Å². The van der Waals surface area contributed by atoms with Crippen LogP contribution in [0.5, 0.6) is 5.75 Å². The Kier molecular flexibility index (Phi) is 4.44. The van der Waals surface area contributed by atoms with Gasteiger partial charge in [-0.15, -0.1) is 0 Å². The zero-order valence-corrected chi connectivity index (χ0v) is 12.3. The maximum atomic E-state index is 13.6. The third-order valence-corrected chi connectivity index (χ3v) is 2.94. The van der Waals surface area contributed by atoms with Gasteiger partial charge in [0.25, 0.3) is 0 Å². The molecule has 0 spiro atoms. The van der Waals surface area contributed by atoms with Crippen molar-refractivity contribution in [1.82, 2.24) is 9.80 Å². The van der Waals surface area contributed by atoms with E-state index in [2.05, 4.69) is 4.99 Å². The summed E-state index contributed by atoms with van der Waals surface area (Å²) in [6, 6.07) is 2.91. The maximum absolute atomic E-state index is 13.6. The largest absolute Gasteiger partial charge is 0.467 e. The average molecular weight is 281 g/mol. The molecular weight excluding hydrogens is 261 g/mol. The van der Waals surface area contributed by atoms with Gasteiger partial charge in [0, 0.05) is 39.3 Å². The lowest BCUT2D eigenvalue weighted by molar-refractivity contribution is -0.0172. The van der Waals surface area contributed by atoms with E-state index in [1.165, 1.54) is 12.1 Å². The van der Waals surface area contributed by atoms with E-state index in [0.717, 1.165) is 17.1 Å². The second-order valence-electron chi connectivity index (χ2n) is 5.07. The molecule has 20 heavy (non-hydrogen) atoms. The van der Waals surface area contributed by atoms with E-state index in [0.29, 0.717) is 18.9 Å². The summed E-state index contributed by atoms with van der Waals surface area (Å²) in [5.74, 6) is 1.22. The maximum Gasteiger partial charge on any atom is 0.195 e. The first-order valence-electron chi connectivity index (χ1n) is 6.40. The quantitative estimate of drug-likeness (QED) is 0.610. The Morgan fingerprint density at radius 2 is 1.95 bits per heavy atom. The van der Waals surface area contributed by atoms with Crippen LogP contribution in [0.1, 0.15) is 11.1 Å². The van der Waals surface area contributed by atoms with Gasteiger partial charge in [0.05, 0.1) is 13.2 Å². The van der Waals surface area contributed by atoms with Crippen molar-refractivity contribution >= 4 is 5.96 Å². The number of aliphatic imine (C=N–C) groups is 1. The van der Waals surface area contributed by atoms with Crippen LogP contribution in [-0.4, -0.2) is 50.7 Å². The fourth-order valence-corrected chi connectivity index (χ4v) is 2.21. The number of benzene rings is 1. The molecule has 0 fully saturated rings. The van der Waals surface area contributed by atoms with E-state index in [-0.39, 0.29) is 12.6 Å². The van der Waals surface area contributed by atoms with Gasteiger partial charge in [0.15, 0.2) is 12.8 Å². The Hall–Kier alpha value is -1.82. The predicted octanol–water partition coefficient (Wildman–Crippen LogP) is 1.67. The molecule has 5 nitrogen and oxygen atoms in total. The summed E-state index contributed by atoms with van der Waals surface area (Å²) in [4.78, 5) is 8.35. The second-order valence-corrected chi connectivity index (χ2v) is 5.07. The SMILES string of the molecule is CN(C)C(=NCc1cc(F)cc2c1OCOC2)N(C)C. The van der Waals surface area contributed by atoms with Crippen molar-refractivity contribution in [3.8, 4) is 5.75 Å². The van der Waals surface area contributed by atoms with Crippen LogP contribution in [0.2, 0.25) is 0 Å².